The van der Waals surface area contributed by atoms with Gasteiger partial charge < -0.3 is 5.73 Å². The van der Waals surface area contributed by atoms with Crippen molar-refractivity contribution in [1.29, 1.82) is 0 Å². The second kappa shape index (κ2) is 7.57. The zero-order valence-corrected chi connectivity index (χ0v) is 13.2. The minimum Gasteiger partial charge on any atom is -0.327 e. The zero-order chi connectivity index (χ0) is 15.2. The summed E-state index contributed by atoms with van der Waals surface area (Å²) in [4.78, 5) is 2.56. The van der Waals surface area contributed by atoms with Gasteiger partial charge in [0.25, 0.3) is 0 Å². The molecule has 0 bridgehead atoms. The topological polar surface area (TPSA) is 29.3 Å². The van der Waals surface area contributed by atoms with Crippen LogP contribution in [0.4, 0.5) is 0 Å². The predicted octanol–water partition coefficient (Wildman–Crippen LogP) is 3.47. The molecule has 0 spiro atoms. The summed E-state index contributed by atoms with van der Waals surface area (Å²) in [5.41, 5.74) is 9.23. The van der Waals surface area contributed by atoms with Crippen molar-refractivity contribution < 1.29 is 0 Å². The summed E-state index contributed by atoms with van der Waals surface area (Å²) in [6.45, 7) is 3.41. The molecule has 2 aromatic carbocycles. The van der Waals surface area contributed by atoms with E-state index in [1.54, 1.807) is 0 Å². The van der Waals surface area contributed by atoms with Gasteiger partial charge in [-0.15, -0.1) is 0 Å². The van der Waals surface area contributed by atoms with Gasteiger partial charge in [-0.3, -0.25) is 4.90 Å². The van der Waals surface area contributed by atoms with Gasteiger partial charge in [-0.2, -0.15) is 0 Å². The van der Waals surface area contributed by atoms with E-state index in [2.05, 4.69) is 65.6 Å². The van der Waals surface area contributed by atoms with Crippen LogP contribution < -0.4 is 5.73 Å². The van der Waals surface area contributed by atoms with Crippen molar-refractivity contribution in [2.75, 3.05) is 13.1 Å². The third kappa shape index (κ3) is 4.19. The molecule has 116 valence electrons. The maximum absolute atomic E-state index is 6.46. The Balaban J connectivity index is 1.47. The van der Waals surface area contributed by atoms with Crippen LogP contribution in [0.2, 0.25) is 0 Å². The molecule has 22 heavy (non-hydrogen) atoms. The second-order valence-electron chi connectivity index (χ2n) is 6.45. The molecule has 1 fully saturated rings. The number of hydrogen-bond donors (Lipinski definition) is 1. The average Bonchev–Trinajstić information content (AvgIpc) is 2.57. The van der Waals surface area contributed by atoms with Crippen LogP contribution in [-0.4, -0.2) is 24.0 Å². The number of rotatable bonds is 5. The van der Waals surface area contributed by atoms with E-state index >= 15 is 0 Å². The molecule has 2 nitrogen and oxygen atoms in total. The Kier molecular flexibility index (Phi) is 5.25. The fourth-order valence-electron chi connectivity index (χ4n) is 3.43. The largest absolute Gasteiger partial charge is 0.327 e. The minimum atomic E-state index is 0.293. The van der Waals surface area contributed by atoms with Crippen LogP contribution in [0.25, 0.3) is 0 Å². The summed E-state index contributed by atoms with van der Waals surface area (Å²) < 4.78 is 0. The van der Waals surface area contributed by atoms with Crippen LogP contribution >= 0.6 is 0 Å². The number of likely N-dealkylation sites (tertiary alicyclic amines) is 1. The molecule has 3 rings (SSSR count). The number of hydrogen-bond acceptors (Lipinski definition) is 2. The van der Waals surface area contributed by atoms with Gasteiger partial charge in [-0.05, 0) is 49.4 Å². The molecule has 1 saturated heterocycles. The van der Waals surface area contributed by atoms with Gasteiger partial charge in [0, 0.05) is 12.6 Å². The van der Waals surface area contributed by atoms with E-state index < -0.39 is 0 Å². The van der Waals surface area contributed by atoms with Crippen molar-refractivity contribution >= 4 is 0 Å². The van der Waals surface area contributed by atoms with E-state index in [1.165, 1.54) is 37.1 Å². The zero-order valence-electron chi connectivity index (χ0n) is 13.2. The molecule has 1 unspecified atom stereocenters. The molecule has 0 saturated carbocycles. The fourth-order valence-corrected chi connectivity index (χ4v) is 3.43. The first-order chi connectivity index (χ1) is 10.8. The lowest BCUT2D eigenvalue weighted by atomic mass is 9.86. The Bertz CT molecular complexity index is 544. The van der Waals surface area contributed by atoms with Crippen LogP contribution in [-0.2, 0) is 13.0 Å². The van der Waals surface area contributed by atoms with Crippen LogP contribution in [0.5, 0.6) is 0 Å². The van der Waals surface area contributed by atoms with E-state index in [4.69, 9.17) is 5.73 Å². The molecule has 2 N–H and O–H groups in total. The predicted molar refractivity (Wildman–Crippen MR) is 92.6 cm³/mol. The summed E-state index contributed by atoms with van der Waals surface area (Å²) in [6, 6.07) is 21.7. The first kappa shape index (κ1) is 15.3. The quantitative estimate of drug-likeness (QED) is 0.915. The van der Waals surface area contributed by atoms with Crippen molar-refractivity contribution in [3.05, 3.63) is 71.8 Å². The highest BCUT2D eigenvalue weighted by atomic mass is 15.1. The summed E-state index contributed by atoms with van der Waals surface area (Å²) in [6.07, 6.45) is 3.45. The molecular weight excluding hydrogens is 268 g/mol. The molecule has 2 aromatic rings. The third-order valence-corrected chi connectivity index (χ3v) is 4.80. The van der Waals surface area contributed by atoms with E-state index in [0.717, 1.165) is 13.0 Å². The Hall–Kier alpha value is -1.64. The van der Waals surface area contributed by atoms with Crippen LogP contribution in [0.15, 0.2) is 60.7 Å². The number of piperidine rings is 1. The lowest BCUT2D eigenvalue weighted by Crippen LogP contribution is -2.41. The lowest BCUT2D eigenvalue weighted by Gasteiger charge is -2.34. The van der Waals surface area contributed by atoms with Gasteiger partial charge in [-0.25, -0.2) is 0 Å². The Morgan fingerprint density at radius 3 is 2.00 bits per heavy atom. The van der Waals surface area contributed by atoms with Gasteiger partial charge in [0.05, 0.1) is 0 Å². The van der Waals surface area contributed by atoms with Crippen molar-refractivity contribution in [1.82, 2.24) is 4.90 Å². The minimum absolute atomic E-state index is 0.293. The summed E-state index contributed by atoms with van der Waals surface area (Å²) in [5, 5.41) is 0. The molecule has 0 aliphatic carbocycles. The number of nitrogens with two attached hydrogens (primary N) is 1. The van der Waals surface area contributed by atoms with Crippen molar-refractivity contribution in [2.45, 2.75) is 31.8 Å². The fraction of sp³-hybridized carbons (Fsp3) is 0.400. The third-order valence-electron chi connectivity index (χ3n) is 4.80. The van der Waals surface area contributed by atoms with Crippen LogP contribution in [0.1, 0.15) is 24.0 Å². The Morgan fingerprint density at radius 2 is 1.41 bits per heavy atom. The van der Waals surface area contributed by atoms with Crippen LogP contribution in [0, 0.1) is 5.92 Å². The monoisotopic (exact) mass is 294 g/mol. The van der Waals surface area contributed by atoms with Gasteiger partial charge in [-0.1, -0.05) is 60.7 Å². The smallest absolute Gasteiger partial charge is 0.0233 e. The molecule has 0 radical (unpaired) electrons. The normalized spacial score (nSPS) is 18.2. The first-order valence-corrected chi connectivity index (χ1v) is 8.37. The number of nitrogens with zero attached hydrogens (tertiary/aromatic N) is 1. The molecule has 1 heterocycles. The molecule has 1 atom stereocenters. The van der Waals surface area contributed by atoms with Gasteiger partial charge >= 0.3 is 0 Å². The standard InChI is InChI=1S/C20H26N2/c21-20(15-17-7-3-1-4-8-17)19-11-13-22(14-12-19)16-18-9-5-2-6-10-18/h1-10,19-20H,11-16,21H2. The van der Waals surface area contributed by atoms with E-state index in [9.17, 15) is 0 Å². The highest BCUT2D eigenvalue weighted by Crippen LogP contribution is 2.23. The maximum Gasteiger partial charge on any atom is 0.0233 e. The summed E-state index contributed by atoms with van der Waals surface area (Å²) >= 11 is 0. The van der Waals surface area contributed by atoms with Gasteiger partial charge in [0.1, 0.15) is 0 Å². The summed E-state index contributed by atoms with van der Waals surface area (Å²) in [5.74, 6) is 0.659. The molecular formula is C20H26N2. The average molecular weight is 294 g/mol. The van der Waals surface area contributed by atoms with Gasteiger partial charge in [0.15, 0.2) is 0 Å². The molecule has 1 aliphatic heterocycles. The van der Waals surface area contributed by atoms with Gasteiger partial charge in [0.2, 0.25) is 0 Å². The van der Waals surface area contributed by atoms with Crippen molar-refractivity contribution in [3.63, 3.8) is 0 Å². The molecule has 1 aliphatic rings. The van der Waals surface area contributed by atoms with E-state index in [-0.39, 0.29) is 0 Å². The maximum atomic E-state index is 6.46. The Morgan fingerprint density at radius 1 is 0.864 bits per heavy atom. The highest BCUT2D eigenvalue weighted by molar-refractivity contribution is 5.16. The van der Waals surface area contributed by atoms with Crippen molar-refractivity contribution in [3.8, 4) is 0 Å². The van der Waals surface area contributed by atoms with Crippen LogP contribution in [0.3, 0.4) is 0 Å². The SMILES string of the molecule is NC(Cc1ccccc1)C1CCN(Cc2ccccc2)CC1. The first-order valence-electron chi connectivity index (χ1n) is 8.37. The molecule has 0 aromatic heterocycles. The van der Waals surface area contributed by atoms with E-state index in [0.29, 0.717) is 12.0 Å². The Labute approximate surface area is 134 Å². The van der Waals surface area contributed by atoms with Crippen molar-refractivity contribution in [2.24, 2.45) is 11.7 Å². The van der Waals surface area contributed by atoms with E-state index in [1.807, 2.05) is 0 Å². The lowest BCUT2D eigenvalue weighted by molar-refractivity contribution is 0.162. The molecule has 0 amide bonds. The molecule has 2 heteroatoms. The summed E-state index contributed by atoms with van der Waals surface area (Å²) in [7, 11) is 0. The highest BCUT2D eigenvalue weighted by Gasteiger charge is 2.24. The number of benzene rings is 2. The second-order valence-corrected chi connectivity index (χ2v) is 6.45.